The van der Waals surface area contributed by atoms with Crippen LogP contribution in [0.1, 0.15) is 43.5 Å². The first-order chi connectivity index (χ1) is 22.7. The average molecular weight is 670 g/mol. The molecule has 1 aromatic heterocycles. The summed E-state index contributed by atoms with van der Waals surface area (Å²) in [6, 6.07) is 22.2. The van der Waals surface area contributed by atoms with Crippen molar-refractivity contribution >= 4 is 45.7 Å². The number of amides is 1. The molecule has 1 aliphatic heterocycles. The Morgan fingerprint density at radius 1 is 1.04 bits per heavy atom. The summed E-state index contributed by atoms with van der Waals surface area (Å²) >= 11 is 7.63. The van der Waals surface area contributed by atoms with Crippen molar-refractivity contribution in [3.63, 3.8) is 0 Å². The molecule has 0 N–H and O–H groups in total. The third-order valence-corrected chi connectivity index (χ3v) is 9.51. The molecule has 10 heteroatoms. The lowest BCUT2D eigenvalue weighted by Gasteiger charge is -2.30. The molecule has 47 heavy (non-hydrogen) atoms. The van der Waals surface area contributed by atoms with Crippen LogP contribution in [0.4, 0.5) is 4.39 Å². The van der Waals surface area contributed by atoms with Crippen LogP contribution in [-0.4, -0.2) is 35.6 Å². The molecule has 0 bridgehead atoms. The Labute approximate surface area is 280 Å². The quantitative estimate of drug-likeness (QED) is 0.177. The molecule has 1 amide bonds. The number of methoxy groups -OCH3 is 1. The van der Waals surface area contributed by atoms with Gasteiger partial charge in [-0.1, -0.05) is 65.4 Å². The Balaban J connectivity index is 1.55. The van der Waals surface area contributed by atoms with E-state index in [0.717, 1.165) is 16.3 Å². The predicted octanol–water partition coefficient (Wildman–Crippen LogP) is 6.64. The number of halogens is 2. The fraction of sp³-hybridized carbons (Fsp3) is 0.216. The summed E-state index contributed by atoms with van der Waals surface area (Å²) in [6.07, 6.45) is 1.73. The highest BCUT2D eigenvalue weighted by atomic mass is 35.5. The van der Waals surface area contributed by atoms with Crippen molar-refractivity contribution in [1.82, 2.24) is 9.47 Å². The van der Waals surface area contributed by atoms with Gasteiger partial charge in [-0.3, -0.25) is 14.2 Å². The summed E-state index contributed by atoms with van der Waals surface area (Å²) in [4.78, 5) is 35.7. The molecule has 240 valence electrons. The smallest absolute Gasteiger partial charge is 0.271 e. The van der Waals surface area contributed by atoms with Gasteiger partial charge in [-0.2, -0.15) is 0 Å². The Morgan fingerprint density at radius 2 is 1.77 bits per heavy atom. The number of fused-ring (bicyclic) bond motifs is 2. The number of carbonyl (C=O) groups excluding carboxylic acids is 1. The van der Waals surface area contributed by atoms with Crippen molar-refractivity contribution < 1.29 is 18.7 Å². The number of ether oxygens (including phenoxy) is 2. The van der Waals surface area contributed by atoms with E-state index < -0.39 is 6.04 Å². The van der Waals surface area contributed by atoms with Gasteiger partial charge < -0.3 is 14.4 Å². The van der Waals surface area contributed by atoms with Gasteiger partial charge in [-0.15, -0.1) is 0 Å². The van der Waals surface area contributed by atoms with Gasteiger partial charge in [0.15, 0.2) is 4.80 Å². The molecule has 0 spiro atoms. The standard InChI is InChI=1S/C37H33ClFN3O4S/c1-5-41(6-2)36(44)32-22(3)40-37-42(34(32)33-28-10-8-7-9-24(28)13-17-30(33)45-4)35(43)31(47-37)20-25-19-26(38)14-18-29(25)46-21-23-11-15-27(39)16-12-23/h7-20,34H,5-6,21H2,1-4H3/b31-20+/t34-/m0/s1. The van der Waals surface area contributed by atoms with Crippen molar-refractivity contribution in [2.24, 2.45) is 4.99 Å². The second kappa shape index (κ2) is 13.6. The average Bonchev–Trinajstić information content (AvgIpc) is 3.38. The highest BCUT2D eigenvalue weighted by molar-refractivity contribution is 7.07. The zero-order valence-electron chi connectivity index (χ0n) is 26.4. The van der Waals surface area contributed by atoms with Crippen molar-refractivity contribution in [2.45, 2.75) is 33.4 Å². The first kappa shape index (κ1) is 32.2. The summed E-state index contributed by atoms with van der Waals surface area (Å²) in [7, 11) is 1.59. The molecule has 5 aromatic rings. The van der Waals surface area contributed by atoms with E-state index in [1.165, 1.54) is 23.5 Å². The second-order valence-corrected chi connectivity index (χ2v) is 12.5. The summed E-state index contributed by atoms with van der Waals surface area (Å²) in [6.45, 7) is 6.88. The minimum absolute atomic E-state index is 0.183. The SMILES string of the molecule is CCN(CC)C(=O)C1=C(C)N=c2s/c(=C/c3cc(Cl)ccc3OCc3ccc(F)cc3)c(=O)n2[C@@H]1c1c(OC)ccc2ccccc12. The van der Waals surface area contributed by atoms with Crippen LogP contribution in [0.25, 0.3) is 16.8 Å². The van der Waals surface area contributed by atoms with Gasteiger partial charge in [0.05, 0.1) is 22.9 Å². The van der Waals surface area contributed by atoms with E-state index in [2.05, 4.69) is 0 Å². The highest BCUT2D eigenvalue weighted by Gasteiger charge is 2.36. The third kappa shape index (κ3) is 6.21. The maximum atomic E-state index is 14.5. The summed E-state index contributed by atoms with van der Waals surface area (Å²) < 4.78 is 27.4. The van der Waals surface area contributed by atoms with Crippen LogP contribution in [0.3, 0.4) is 0 Å². The molecule has 7 nitrogen and oxygen atoms in total. The number of benzene rings is 4. The zero-order chi connectivity index (χ0) is 33.2. The Kier molecular flexibility index (Phi) is 9.29. The minimum atomic E-state index is -0.795. The Morgan fingerprint density at radius 3 is 2.49 bits per heavy atom. The summed E-state index contributed by atoms with van der Waals surface area (Å²) in [5, 5.41) is 2.30. The van der Waals surface area contributed by atoms with Crippen LogP contribution < -0.4 is 24.4 Å². The van der Waals surface area contributed by atoms with Crippen LogP contribution in [0.2, 0.25) is 5.02 Å². The van der Waals surface area contributed by atoms with Crippen LogP contribution in [0.15, 0.2) is 99.9 Å². The highest BCUT2D eigenvalue weighted by Crippen LogP contribution is 2.40. The maximum Gasteiger partial charge on any atom is 0.271 e. The number of carbonyl (C=O) groups is 1. The summed E-state index contributed by atoms with van der Waals surface area (Å²) in [5.41, 5.74) is 2.76. The van der Waals surface area contributed by atoms with E-state index >= 15 is 0 Å². The van der Waals surface area contributed by atoms with Gasteiger partial charge in [-0.05, 0) is 79.6 Å². The monoisotopic (exact) mass is 669 g/mol. The molecular weight excluding hydrogens is 637 g/mol. The number of thiazole rings is 1. The molecule has 1 atom stereocenters. The molecule has 4 aromatic carbocycles. The second-order valence-electron chi connectivity index (χ2n) is 11.1. The molecule has 0 unspecified atom stereocenters. The van der Waals surface area contributed by atoms with E-state index in [0.29, 0.717) is 61.3 Å². The molecule has 0 fully saturated rings. The summed E-state index contributed by atoms with van der Waals surface area (Å²) in [5.74, 6) is 0.560. The van der Waals surface area contributed by atoms with Crippen molar-refractivity contribution in [3.8, 4) is 11.5 Å². The van der Waals surface area contributed by atoms with Gasteiger partial charge >= 0.3 is 0 Å². The first-order valence-corrected chi connectivity index (χ1v) is 16.5. The number of hydrogen-bond donors (Lipinski definition) is 0. The van der Waals surface area contributed by atoms with E-state index in [4.69, 9.17) is 26.1 Å². The fourth-order valence-electron chi connectivity index (χ4n) is 5.93. The topological polar surface area (TPSA) is 73.1 Å². The van der Waals surface area contributed by atoms with Gasteiger partial charge in [0.1, 0.15) is 30.0 Å². The van der Waals surface area contributed by atoms with E-state index in [1.807, 2.05) is 57.2 Å². The Bertz CT molecular complexity index is 2200. The van der Waals surface area contributed by atoms with Crippen molar-refractivity contribution in [3.05, 3.63) is 137 Å². The van der Waals surface area contributed by atoms with Crippen molar-refractivity contribution in [2.75, 3.05) is 20.2 Å². The molecular formula is C37H33ClFN3O4S. The third-order valence-electron chi connectivity index (χ3n) is 8.29. The number of aromatic nitrogens is 1. The number of rotatable bonds is 9. The van der Waals surface area contributed by atoms with E-state index in [9.17, 15) is 14.0 Å². The van der Waals surface area contributed by atoms with Gasteiger partial charge in [0.25, 0.3) is 11.5 Å². The van der Waals surface area contributed by atoms with Crippen LogP contribution in [0, 0.1) is 5.82 Å². The fourth-order valence-corrected chi connectivity index (χ4v) is 7.15. The molecule has 0 radical (unpaired) electrons. The normalized spacial score (nSPS) is 14.6. The molecule has 0 aliphatic carbocycles. The zero-order valence-corrected chi connectivity index (χ0v) is 28.0. The lowest BCUT2D eigenvalue weighted by molar-refractivity contribution is -0.127. The maximum absolute atomic E-state index is 14.5. The first-order valence-electron chi connectivity index (χ1n) is 15.3. The minimum Gasteiger partial charge on any atom is -0.496 e. The lowest BCUT2D eigenvalue weighted by atomic mass is 9.90. The lowest BCUT2D eigenvalue weighted by Crippen LogP contribution is -2.43. The van der Waals surface area contributed by atoms with Crippen molar-refractivity contribution in [1.29, 1.82) is 0 Å². The number of nitrogens with zero attached hydrogens (tertiary/aromatic N) is 3. The molecule has 0 saturated carbocycles. The van der Waals surface area contributed by atoms with E-state index in [-0.39, 0.29) is 23.9 Å². The van der Waals surface area contributed by atoms with Gasteiger partial charge in [0, 0.05) is 29.2 Å². The number of likely N-dealkylation sites (N-methyl/N-ethyl adjacent to an activating group) is 1. The van der Waals surface area contributed by atoms with E-state index in [1.54, 1.807) is 53.0 Å². The Hall–Kier alpha value is -4.73. The largest absolute Gasteiger partial charge is 0.496 e. The molecule has 1 aliphatic rings. The van der Waals surface area contributed by atoms with Crippen LogP contribution in [-0.2, 0) is 11.4 Å². The molecule has 6 rings (SSSR count). The molecule has 2 heterocycles. The van der Waals surface area contributed by atoms with Gasteiger partial charge in [0.2, 0.25) is 0 Å². The number of allylic oxidation sites excluding steroid dienone is 1. The predicted molar refractivity (Wildman–Crippen MR) is 184 cm³/mol. The van der Waals surface area contributed by atoms with Gasteiger partial charge in [-0.25, -0.2) is 9.38 Å². The van der Waals surface area contributed by atoms with Crippen LogP contribution >= 0.6 is 22.9 Å². The number of hydrogen-bond acceptors (Lipinski definition) is 6. The molecule has 0 saturated heterocycles. The van der Waals surface area contributed by atoms with Crippen LogP contribution in [0.5, 0.6) is 11.5 Å².